The Balaban J connectivity index is 2.14. The molecule has 0 radical (unpaired) electrons. The van der Waals surface area contributed by atoms with Crippen molar-refractivity contribution < 1.29 is 4.74 Å². The second-order valence-corrected chi connectivity index (χ2v) is 5.70. The van der Waals surface area contributed by atoms with Crippen molar-refractivity contribution in [3.8, 4) is 5.75 Å². The van der Waals surface area contributed by atoms with Crippen LogP contribution in [-0.4, -0.2) is 11.6 Å². The first-order valence-corrected chi connectivity index (χ1v) is 7.73. The predicted molar refractivity (Wildman–Crippen MR) is 83.5 cm³/mol. The highest BCUT2D eigenvalue weighted by Crippen LogP contribution is 2.31. The summed E-state index contributed by atoms with van der Waals surface area (Å²) in [4.78, 5) is 4.34. The number of thioether (sulfide) groups is 1. The number of hydrogen-bond acceptors (Lipinski definition) is 4. The molecule has 2 N–H and O–H groups in total. The van der Waals surface area contributed by atoms with Gasteiger partial charge in [0.2, 0.25) is 0 Å². The summed E-state index contributed by atoms with van der Waals surface area (Å²) in [5, 5.41) is 0.965. The lowest BCUT2D eigenvalue weighted by atomic mass is 10.2. The molecule has 0 unspecified atom stereocenters. The number of nitrogens with two attached hydrogens (primary N) is 1. The highest BCUT2D eigenvalue weighted by Gasteiger charge is 2.07. The molecule has 19 heavy (non-hydrogen) atoms. The summed E-state index contributed by atoms with van der Waals surface area (Å²) in [5.74, 6) is 1.66. The molecule has 2 rings (SSSR count). The Morgan fingerprint density at radius 3 is 2.95 bits per heavy atom. The normalized spacial score (nSPS) is 10.4. The van der Waals surface area contributed by atoms with Crippen LogP contribution < -0.4 is 10.5 Å². The predicted octanol–water partition coefficient (Wildman–Crippen LogP) is 4.12. The molecule has 0 aliphatic rings. The number of pyridine rings is 1. The molecule has 0 amide bonds. The lowest BCUT2D eigenvalue weighted by Gasteiger charge is -2.11. The summed E-state index contributed by atoms with van der Waals surface area (Å²) >= 11 is 5.15. The van der Waals surface area contributed by atoms with Gasteiger partial charge in [0.05, 0.1) is 6.61 Å². The van der Waals surface area contributed by atoms with Gasteiger partial charge in [-0.2, -0.15) is 0 Å². The van der Waals surface area contributed by atoms with Crippen LogP contribution in [0.25, 0.3) is 0 Å². The fourth-order valence-corrected chi connectivity index (χ4v) is 3.09. The summed E-state index contributed by atoms with van der Waals surface area (Å²) < 4.78 is 6.61. The van der Waals surface area contributed by atoms with E-state index in [1.165, 1.54) is 0 Å². The van der Waals surface area contributed by atoms with Gasteiger partial charge in [-0.1, -0.05) is 0 Å². The molecule has 100 valence electrons. The third-order valence-corrected chi connectivity index (χ3v) is 4.43. The third-order valence-electron chi connectivity index (χ3n) is 2.47. The molecule has 2 aromatic rings. The average Bonchev–Trinajstić information content (AvgIpc) is 2.41. The van der Waals surface area contributed by atoms with E-state index in [4.69, 9.17) is 10.5 Å². The molecule has 1 aromatic heterocycles. The lowest BCUT2D eigenvalue weighted by Crippen LogP contribution is -1.97. The van der Waals surface area contributed by atoms with Crippen molar-refractivity contribution in [3.05, 3.63) is 46.6 Å². The summed E-state index contributed by atoms with van der Waals surface area (Å²) in [6, 6.07) is 9.62. The largest absolute Gasteiger partial charge is 0.494 e. The van der Waals surface area contributed by atoms with Gasteiger partial charge in [-0.25, -0.2) is 4.98 Å². The van der Waals surface area contributed by atoms with E-state index in [-0.39, 0.29) is 0 Å². The zero-order valence-corrected chi connectivity index (χ0v) is 13.0. The second-order valence-electron chi connectivity index (χ2n) is 3.88. The quantitative estimate of drug-likeness (QED) is 0.658. The first-order valence-electron chi connectivity index (χ1n) is 5.95. The number of hydrogen-bond donors (Lipinski definition) is 1. The van der Waals surface area contributed by atoms with Gasteiger partial charge in [-0.05, 0) is 53.2 Å². The van der Waals surface area contributed by atoms with Gasteiger partial charge in [0, 0.05) is 27.7 Å². The van der Waals surface area contributed by atoms with Crippen molar-refractivity contribution >= 4 is 33.4 Å². The first-order chi connectivity index (χ1) is 9.20. The van der Waals surface area contributed by atoms with Gasteiger partial charge >= 0.3 is 0 Å². The van der Waals surface area contributed by atoms with E-state index < -0.39 is 0 Å². The van der Waals surface area contributed by atoms with Gasteiger partial charge in [0.15, 0.2) is 0 Å². The van der Waals surface area contributed by atoms with Crippen LogP contribution in [-0.2, 0) is 5.75 Å². The van der Waals surface area contributed by atoms with Crippen LogP contribution in [0.5, 0.6) is 5.75 Å². The zero-order chi connectivity index (χ0) is 13.7. The number of benzene rings is 1. The van der Waals surface area contributed by atoms with E-state index in [0.29, 0.717) is 6.61 Å². The minimum absolute atomic E-state index is 0.648. The Morgan fingerprint density at radius 1 is 1.37 bits per heavy atom. The smallest absolute Gasteiger partial charge is 0.123 e. The highest BCUT2D eigenvalue weighted by molar-refractivity contribution is 9.10. The molecule has 0 saturated carbocycles. The number of anilines is 1. The molecule has 1 heterocycles. The van der Waals surface area contributed by atoms with Crippen LogP contribution in [0, 0.1) is 0 Å². The number of ether oxygens (including phenoxy) is 1. The summed E-state index contributed by atoms with van der Waals surface area (Å²) in [6.45, 7) is 2.62. The van der Waals surface area contributed by atoms with Gasteiger partial charge < -0.3 is 10.5 Å². The van der Waals surface area contributed by atoms with Crippen LogP contribution >= 0.6 is 27.7 Å². The summed E-state index contributed by atoms with van der Waals surface area (Å²) in [6.07, 6.45) is 1.79. The molecule has 0 saturated heterocycles. The van der Waals surface area contributed by atoms with Crippen LogP contribution in [0.4, 0.5) is 5.69 Å². The van der Waals surface area contributed by atoms with Crippen LogP contribution in [0.1, 0.15) is 12.5 Å². The van der Waals surface area contributed by atoms with Crippen molar-refractivity contribution in [2.24, 2.45) is 0 Å². The van der Waals surface area contributed by atoms with Crippen molar-refractivity contribution in [2.45, 2.75) is 17.7 Å². The monoisotopic (exact) mass is 338 g/mol. The molecule has 3 nitrogen and oxygen atoms in total. The molecule has 1 aromatic carbocycles. The summed E-state index contributed by atoms with van der Waals surface area (Å²) in [7, 11) is 0. The number of nitrogens with zero attached hydrogens (tertiary/aromatic N) is 1. The average molecular weight is 339 g/mol. The molecule has 0 atom stereocenters. The lowest BCUT2D eigenvalue weighted by molar-refractivity contribution is 0.337. The highest BCUT2D eigenvalue weighted by atomic mass is 79.9. The Kier molecular flexibility index (Phi) is 5.10. The van der Waals surface area contributed by atoms with Crippen molar-refractivity contribution in [1.29, 1.82) is 0 Å². The fourth-order valence-electron chi connectivity index (χ4n) is 1.63. The Labute approximate surface area is 125 Å². The van der Waals surface area contributed by atoms with Crippen molar-refractivity contribution in [3.63, 3.8) is 0 Å². The van der Waals surface area contributed by atoms with E-state index in [9.17, 15) is 0 Å². The van der Waals surface area contributed by atoms with Gasteiger partial charge in [-0.15, -0.1) is 11.8 Å². The van der Waals surface area contributed by atoms with E-state index in [0.717, 1.165) is 32.3 Å². The van der Waals surface area contributed by atoms with Crippen LogP contribution in [0.3, 0.4) is 0 Å². The van der Waals surface area contributed by atoms with E-state index >= 15 is 0 Å². The molecular weight excluding hydrogens is 324 g/mol. The molecular formula is C14H15BrN2OS. The minimum atomic E-state index is 0.648. The van der Waals surface area contributed by atoms with Crippen molar-refractivity contribution in [1.82, 2.24) is 4.98 Å². The molecule has 0 fully saturated rings. The number of halogens is 1. The van der Waals surface area contributed by atoms with Gasteiger partial charge in [0.1, 0.15) is 10.8 Å². The Hall–Kier alpha value is -1.20. The standard InChI is InChI=1S/C14H15BrN2OS/c1-2-18-13-6-5-11(16)8-10(13)9-19-14-12(15)4-3-7-17-14/h3-8H,2,9,16H2,1H3. The van der Waals surface area contributed by atoms with Gasteiger partial charge in [-0.3, -0.25) is 0 Å². The second kappa shape index (κ2) is 6.82. The number of rotatable bonds is 5. The SMILES string of the molecule is CCOc1ccc(N)cc1CSc1ncccc1Br. The third kappa shape index (κ3) is 3.88. The first kappa shape index (κ1) is 14.2. The van der Waals surface area contributed by atoms with Crippen LogP contribution in [0.2, 0.25) is 0 Å². The minimum Gasteiger partial charge on any atom is -0.494 e. The fraction of sp³-hybridized carbons (Fsp3) is 0.214. The van der Waals surface area contributed by atoms with Gasteiger partial charge in [0.25, 0.3) is 0 Å². The number of aromatic nitrogens is 1. The molecule has 0 bridgehead atoms. The molecule has 0 aliphatic heterocycles. The zero-order valence-electron chi connectivity index (χ0n) is 10.6. The van der Waals surface area contributed by atoms with E-state index in [1.807, 2.05) is 37.3 Å². The molecule has 5 heteroatoms. The molecule has 0 spiro atoms. The van der Waals surface area contributed by atoms with E-state index in [2.05, 4.69) is 20.9 Å². The Morgan fingerprint density at radius 2 is 2.21 bits per heavy atom. The number of nitrogen functional groups attached to an aromatic ring is 1. The van der Waals surface area contributed by atoms with Crippen LogP contribution in [0.15, 0.2) is 46.0 Å². The summed E-state index contributed by atoms with van der Waals surface area (Å²) in [5.41, 5.74) is 7.67. The maximum atomic E-state index is 5.83. The Bertz CT molecular complexity index is 563. The molecule has 0 aliphatic carbocycles. The van der Waals surface area contributed by atoms with E-state index in [1.54, 1.807) is 18.0 Å². The van der Waals surface area contributed by atoms with Crippen molar-refractivity contribution in [2.75, 3.05) is 12.3 Å². The maximum Gasteiger partial charge on any atom is 0.123 e. The topological polar surface area (TPSA) is 48.1 Å². The maximum absolute atomic E-state index is 5.83.